The average Bonchev–Trinajstić information content (AvgIpc) is 2.66. The van der Waals surface area contributed by atoms with Crippen LogP contribution in [0.3, 0.4) is 0 Å². The van der Waals surface area contributed by atoms with Gasteiger partial charge in [-0.1, -0.05) is 45.4 Å². The summed E-state index contributed by atoms with van der Waals surface area (Å²) in [6, 6.07) is 0.689. The van der Waals surface area contributed by atoms with Crippen LogP contribution in [-0.2, 0) is 22.9 Å². The predicted octanol–water partition coefficient (Wildman–Crippen LogP) is 3.86. The third-order valence-corrected chi connectivity index (χ3v) is 7.44. The average molecular weight is 390 g/mol. The summed E-state index contributed by atoms with van der Waals surface area (Å²) < 4.78 is 16.0. The van der Waals surface area contributed by atoms with Crippen LogP contribution in [0.1, 0.15) is 77.6 Å². The molecule has 0 saturated carbocycles. The SMILES string of the molecule is CCCCCCCCCC(=O)NCC(=O)CCCC[Si](OC)(OC)OC. The normalized spacial score (nSPS) is 11.5. The van der Waals surface area contributed by atoms with Crippen LogP contribution < -0.4 is 5.32 Å². The van der Waals surface area contributed by atoms with E-state index in [1.807, 2.05) is 0 Å². The fourth-order valence-electron chi connectivity index (χ4n) is 2.84. The second kappa shape index (κ2) is 16.4. The molecule has 0 aromatic carbocycles. The standard InChI is InChI=1S/C19H39NO5Si/c1-5-6-7-8-9-10-11-15-19(22)20-17-18(21)14-12-13-16-26(23-2,24-3)25-4/h5-17H2,1-4H3,(H,20,22). The van der Waals surface area contributed by atoms with Gasteiger partial charge in [-0.25, -0.2) is 0 Å². The van der Waals surface area contributed by atoms with E-state index in [2.05, 4.69) is 12.2 Å². The van der Waals surface area contributed by atoms with Gasteiger partial charge in [-0.3, -0.25) is 9.59 Å². The molecule has 1 N–H and O–H groups in total. The van der Waals surface area contributed by atoms with Crippen LogP contribution in [0, 0.1) is 0 Å². The fourth-order valence-corrected chi connectivity index (χ4v) is 4.63. The number of carbonyl (C=O) groups excluding carboxylic acids is 2. The molecule has 0 radical (unpaired) electrons. The van der Waals surface area contributed by atoms with Crippen molar-refractivity contribution in [1.29, 1.82) is 0 Å². The number of hydrogen-bond acceptors (Lipinski definition) is 5. The first-order valence-corrected chi connectivity index (χ1v) is 11.9. The molecule has 154 valence electrons. The van der Waals surface area contributed by atoms with Crippen molar-refractivity contribution in [1.82, 2.24) is 5.32 Å². The van der Waals surface area contributed by atoms with Crippen molar-refractivity contribution in [3.05, 3.63) is 0 Å². The van der Waals surface area contributed by atoms with Crippen LogP contribution in [-0.4, -0.2) is 48.4 Å². The highest BCUT2D eigenvalue weighted by molar-refractivity contribution is 6.60. The largest absolute Gasteiger partial charge is 0.500 e. The zero-order chi connectivity index (χ0) is 19.7. The Bertz CT molecular complexity index is 367. The van der Waals surface area contributed by atoms with Crippen molar-refractivity contribution in [3.63, 3.8) is 0 Å². The van der Waals surface area contributed by atoms with Crippen molar-refractivity contribution in [3.8, 4) is 0 Å². The van der Waals surface area contributed by atoms with Crippen molar-refractivity contribution < 1.29 is 22.9 Å². The van der Waals surface area contributed by atoms with Crippen LogP contribution in [0.2, 0.25) is 6.04 Å². The van der Waals surface area contributed by atoms with Gasteiger partial charge in [0.2, 0.25) is 5.91 Å². The van der Waals surface area contributed by atoms with Crippen LogP contribution in [0.5, 0.6) is 0 Å². The summed E-state index contributed by atoms with van der Waals surface area (Å²) in [5, 5.41) is 2.73. The highest BCUT2D eigenvalue weighted by Crippen LogP contribution is 2.17. The molecule has 6 nitrogen and oxygen atoms in total. The monoisotopic (exact) mass is 389 g/mol. The van der Waals surface area contributed by atoms with Gasteiger partial charge >= 0.3 is 8.80 Å². The number of carbonyl (C=O) groups is 2. The third kappa shape index (κ3) is 12.6. The van der Waals surface area contributed by atoms with Crippen molar-refractivity contribution in [2.75, 3.05) is 27.9 Å². The number of rotatable bonds is 18. The Morgan fingerprint density at radius 3 is 1.88 bits per heavy atom. The summed E-state index contributed by atoms with van der Waals surface area (Å²) in [6.07, 6.45) is 10.8. The summed E-state index contributed by atoms with van der Waals surface area (Å²) >= 11 is 0. The maximum Gasteiger partial charge on any atom is 0.500 e. The highest BCUT2D eigenvalue weighted by Gasteiger charge is 2.36. The van der Waals surface area contributed by atoms with Gasteiger partial charge < -0.3 is 18.6 Å². The third-order valence-electron chi connectivity index (χ3n) is 4.61. The van der Waals surface area contributed by atoms with Gasteiger partial charge in [0, 0.05) is 40.2 Å². The second-order valence-electron chi connectivity index (χ2n) is 6.69. The van der Waals surface area contributed by atoms with Gasteiger partial charge in [0.1, 0.15) is 0 Å². The molecule has 0 aromatic heterocycles. The Hall–Kier alpha value is -0.763. The van der Waals surface area contributed by atoms with E-state index in [-0.39, 0.29) is 18.2 Å². The molecule has 0 bridgehead atoms. The lowest BCUT2D eigenvalue weighted by atomic mass is 10.1. The summed E-state index contributed by atoms with van der Waals surface area (Å²) in [4.78, 5) is 23.6. The summed E-state index contributed by atoms with van der Waals surface area (Å²) in [6.45, 7) is 2.34. The summed E-state index contributed by atoms with van der Waals surface area (Å²) in [7, 11) is 2.23. The van der Waals surface area contributed by atoms with Crippen LogP contribution in [0.25, 0.3) is 0 Å². The highest BCUT2D eigenvalue weighted by atomic mass is 28.4. The minimum Gasteiger partial charge on any atom is -0.377 e. The lowest BCUT2D eigenvalue weighted by molar-refractivity contribution is -0.125. The number of unbranched alkanes of at least 4 members (excludes halogenated alkanes) is 7. The molecule has 0 aliphatic heterocycles. The molecule has 0 aliphatic rings. The van der Waals surface area contributed by atoms with Gasteiger partial charge in [-0.2, -0.15) is 0 Å². The maximum absolute atomic E-state index is 11.9. The molecule has 0 aromatic rings. The smallest absolute Gasteiger partial charge is 0.377 e. The topological polar surface area (TPSA) is 73.9 Å². The lowest BCUT2D eigenvalue weighted by Crippen LogP contribution is -2.42. The first-order chi connectivity index (χ1) is 12.5. The Morgan fingerprint density at radius 2 is 1.31 bits per heavy atom. The summed E-state index contributed by atoms with van der Waals surface area (Å²) in [5.74, 6) is 0.0499. The molecule has 0 heterocycles. The van der Waals surface area contributed by atoms with E-state index < -0.39 is 8.80 Å². The molecule has 0 spiro atoms. The number of Topliss-reactive ketones (excluding diaryl/α,β-unsaturated/α-hetero) is 1. The Kier molecular flexibility index (Phi) is 15.9. The minimum atomic E-state index is -2.54. The molecule has 0 saturated heterocycles. The van der Waals surface area contributed by atoms with E-state index in [1.165, 1.54) is 32.1 Å². The lowest BCUT2D eigenvalue weighted by Gasteiger charge is -2.24. The van der Waals surface area contributed by atoms with Gasteiger partial charge in [0.15, 0.2) is 5.78 Å². The Balaban J connectivity index is 3.65. The van der Waals surface area contributed by atoms with E-state index in [0.717, 1.165) is 25.7 Å². The number of nitrogens with one attached hydrogen (secondary N) is 1. The predicted molar refractivity (Wildman–Crippen MR) is 106 cm³/mol. The van der Waals surface area contributed by atoms with E-state index >= 15 is 0 Å². The summed E-state index contributed by atoms with van der Waals surface area (Å²) in [5.41, 5.74) is 0. The van der Waals surface area contributed by atoms with Gasteiger partial charge in [0.05, 0.1) is 6.54 Å². The van der Waals surface area contributed by atoms with Gasteiger partial charge in [-0.05, 0) is 19.3 Å². The molecule has 0 unspecified atom stereocenters. The first-order valence-electron chi connectivity index (χ1n) is 9.97. The zero-order valence-electron chi connectivity index (χ0n) is 17.2. The van der Waals surface area contributed by atoms with Crippen LogP contribution in [0.15, 0.2) is 0 Å². The van der Waals surface area contributed by atoms with Gasteiger partial charge in [0.25, 0.3) is 0 Å². The van der Waals surface area contributed by atoms with Crippen LogP contribution >= 0.6 is 0 Å². The second-order valence-corrected chi connectivity index (χ2v) is 9.78. The van der Waals surface area contributed by atoms with E-state index in [9.17, 15) is 9.59 Å². The van der Waals surface area contributed by atoms with Crippen molar-refractivity contribution in [2.24, 2.45) is 0 Å². The van der Waals surface area contributed by atoms with E-state index in [4.69, 9.17) is 13.3 Å². The molecule has 0 atom stereocenters. The number of hydrogen-bond donors (Lipinski definition) is 1. The van der Waals surface area contributed by atoms with E-state index in [0.29, 0.717) is 18.9 Å². The molecule has 1 amide bonds. The van der Waals surface area contributed by atoms with Crippen molar-refractivity contribution in [2.45, 2.75) is 83.6 Å². The Labute approximate surface area is 160 Å². The molecule has 0 rings (SSSR count). The molecule has 26 heavy (non-hydrogen) atoms. The quantitative estimate of drug-likeness (QED) is 0.285. The van der Waals surface area contributed by atoms with Crippen molar-refractivity contribution >= 4 is 20.5 Å². The first kappa shape index (κ1) is 25.2. The Morgan fingerprint density at radius 1 is 0.769 bits per heavy atom. The van der Waals surface area contributed by atoms with Gasteiger partial charge in [-0.15, -0.1) is 0 Å². The van der Waals surface area contributed by atoms with E-state index in [1.54, 1.807) is 21.3 Å². The van der Waals surface area contributed by atoms with Crippen LogP contribution in [0.4, 0.5) is 0 Å². The minimum absolute atomic E-state index is 0.0171. The molecule has 0 aliphatic carbocycles. The number of ketones is 1. The molecular formula is C19H39NO5Si. The molecule has 0 fully saturated rings. The zero-order valence-corrected chi connectivity index (χ0v) is 18.2. The maximum atomic E-state index is 11.9. The number of amides is 1. The fraction of sp³-hybridized carbons (Fsp3) is 0.895. The molecule has 7 heteroatoms. The molecular weight excluding hydrogens is 350 g/mol.